The van der Waals surface area contributed by atoms with Gasteiger partial charge in [0.15, 0.2) is 11.5 Å². The highest BCUT2D eigenvalue weighted by Crippen LogP contribution is 2.44. The molecule has 4 aromatic rings. The van der Waals surface area contributed by atoms with E-state index in [1.165, 1.54) is 39.9 Å². The summed E-state index contributed by atoms with van der Waals surface area (Å²) >= 11 is 0. The van der Waals surface area contributed by atoms with Crippen LogP contribution < -0.4 is 14.2 Å². The van der Waals surface area contributed by atoms with Crippen molar-refractivity contribution in [2.45, 2.75) is 38.2 Å². The highest BCUT2D eigenvalue weighted by molar-refractivity contribution is 5.86. The van der Waals surface area contributed by atoms with Crippen molar-refractivity contribution in [2.75, 3.05) is 20.8 Å². The first kappa shape index (κ1) is 23.7. The van der Waals surface area contributed by atoms with Gasteiger partial charge in [-0.25, -0.2) is 0 Å². The summed E-state index contributed by atoms with van der Waals surface area (Å²) in [5, 5.41) is 1.20. The Morgan fingerprint density at radius 2 is 1.78 bits per heavy atom. The Bertz CT molecular complexity index is 1460. The molecule has 3 heterocycles. The maximum Gasteiger partial charge on any atom is 0.416 e. The zero-order valence-corrected chi connectivity index (χ0v) is 20.6. The van der Waals surface area contributed by atoms with Crippen LogP contribution in [0.2, 0.25) is 0 Å². The van der Waals surface area contributed by atoms with Gasteiger partial charge in [0, 0.05) is 35.7 Å². The molecule has 6 rings (SSSR count). The van der Waals surface area contributed by atoms with E-state index in [9.17, 15) is 13.2 Å². The van der Waals surface area contributed by atoms with Crippen LogP contribution in [-0.4, -0.2) is 30.6 Å². The number of ether oxygens (including phenoxy) is 3. The first-order valence-electron chi connectivity index (χ1n) is 12.3. The number of aromatic nitrogens is 1. The first-order valence-corrected chi connectivity index (χ1v) is 12.3. The number of hydrogen-bond donors (Lipinski definition) is 1. The van der Waals surface area contributed by atoms with Crippen molar-refractivity contribution >= 4 is 10.9 Å². The lowest BCUT2D eigenvalue weighted by Gasteiger charge is -2.40. The lowest BCUT2D eigenvalue weighted by Crippen LogP contribution is -2.39. The van der Waals surface area contributed by atoms with Crippen molar-refractivity contribution in [3.05, 3.63) is 88.1 Å². The van der Waals surface area contributed by atoms with Gasteiger partial charge in [-0.15, -0.1) is 0 Å². The fourth-order valence-electron chi connectivity index (χ4n) is 5.59. The molecule has 37 heavy (non-hydrogen) atoms. The fraction of sp³-hybridized carbons (Fsp3) is 0.310. The predicted octanol–water partition coefficient (Wildman–Crippen LogP) is 6.44. The fourth-order valence-corrected chi connectivity index (χ4v) is 5.59. The molecule has 0 amide bonds. The number of alkyl halides is 3. The lowest BCUT2D eigenvalue weighted by atomic mass is 9.85. The third-order valence-electron chi connectivity index (χ3n) is 7.53. The summed E-state index contributed by atoms with van der Waals surface area (Å²) in [5.41, 5.74) is 6.13. The molecule has 0 saturated carbocycles. The van der Waals surface area contributed by atoms with Gasteiger partial charge in [-0.2, -0.15) is 13.2 Å². The Kier molecular flexibility index (Phi) is 5.79. The van der Waals surface area contributed by atoms with Crippen molar-refractivity contribution in [2.24, 2.45) is 0 Å². The summed E-state index contributed by atoms with van der Waals surface area (Å²) < 4.78 is 55.8. The molecule has 0 radical (unpaired) electrons. The first-order chi connectivity index (χ1) is 17.8. The summed E-state index contributed by atoms with van der Waals surface area (Å²) in [5.74, 6) is 2.07. The third-order valence-corrected chi connectivity index (χ3v) is 7.53. The quantitative estimate of drug-likeness (QED) is 0.337. The minimum Gasteiger partial charge on any atom is -0.497 e. The molecule has 3 aromatic carbocycles. The summed E-state index contributed by atoms with van der Waals surface area (Å²) in [7, 11) is 3.29. The summed E-state index contributed by atoms with van der Waals surface area (Å²) in [6, 6.07) is 15.5. The Morgan fingerprint density at radius 3 is 2.51 bits per heavy atom. The minimum atomic E-state index is -4.35. The van der Waals surface area contributed by atoms with E-state index >= 15 is 0 Å². The average Bonchev–Trinajstić information content (AvgIpc) is 3.26. The maximum atomic E-state index is 12.9. The largest absolute Gasteiger partial charge is 0.497 e. The van der Waals surface area contributed by atoms with E-state index in [1.54, 1.807) is 14.2 Å². The van der Waals surface area contributed by atoms with Crippen LogP contribution in [0.1, 0.15) is 39.6 Å². The summed E-state index contributed by atoms with van der Waals surface area (Å²) in [6.07, 6.45) is -2.59. The van der Waals surface area contributed by atoms with E-state index in [-0.39, 0.29) is 12.6 Å². The molecule has 1 N–H and O–H groups in total. The van der Waals surface area contributed by atoms with Crippen LogP contribution in [0.25, 0.3) is 10.9 Å². The molecule has 192 valence electrons. The van der Waals surface area contributed by atoms with Gasteiger partial charge in [0.2, 0.25) is 0 Å². The number of rotatable bonds is 5. The molecule has 0 saturated heterocycles. The highest BCUT2D eigenvalue weighted by Gasteiger charge is 2.35. The van der Waals surface area contributed by atoms with Gasteiger partial charge in [-0.05, 0) is 77.6 Å². The number of benzene rings is 3. The van der Waals surface area contributed by atoms with Crippen LogP contribution in [0.5, 0.6) is 17.2 Å². The topological polar surface area (TPSA) is 46.7 Å². The molecular weight excluding hydrogens is 481 g/mol. The van der Waals surface area contributed by atoms with Gasteiger partial charge in [0.1, 0.15) is 12.4 Å². The summed E-state index contributed by atoms with van der Waals surface area (Å²) in [6.45, 7) is 1.94. The van der Waals surface area contributed by atoms with E-state index in [0.29, 0.717) is 17.1 Å². The SMILES string of the molecule is COc1ccc2[nH]c3c(c2c1)C[C@H]1c2cc(OC)c(OCc4ccc(C(F)(F)F)cc4)cc2CCN1C3. The van der Waals surface area contributed by atoms with Gasteiger partial charge in [0.25, 0.3) is 0 Å². The second kappa shape index (κ2) is 9.03. The molecule has 2 aliphatic heterocycles. The number of hydrogen-bond acceptors (Lipinski definition) is 4. The van der Waals surface area contributed by atoms with Gasteiger partial charge < -0.3 is 19.2 Å². The molecule has 0 aliphatic carbocycles. The smallest absolute Gasteiger partial charge is 0.416 e. The van der Waals surface area contributed by atoms with Crippen LogP contribution in [0.3, 0.4) is 0 Å². The van der Waals surface area contributed by atoms with Gasteiger partial charge in [-0.3, -0.25) is 4.90 Å². The second-order valence-corrected chi connectivity index (χ2v) is 9.62. The Balaban J connectivity index is 1.27. The zero-order chi connectivity index (χ0) is 25.7. The number of nitrogens with zero attached hydrogens (tertiary/aromatic N) is 1. The zero-order valence-electron chi connectivity index (χ0n) is 20.6. The Morgan fingerprint density at radius 1 is 0.973 bits per heavy atom. The number of halogens is 3. The minimum absolute atomic E-state index is 0.156. The van der Waals surface area contributed by atoms with Crippen LogP contribution >= 0.6 is 0 Å². The maximum absolute atomic E-state index is 12.9. The van der Waals surface area contributed by atoms with E-state index in [1.807, 2.05) is 12.1 Å². The molecule has 8 heteroatoms. The lowest BCUT2D eigenvalue weighted by molar-refractivity contribution is -0.137. The Labute approximate surface area is 212 Å². The molecule has 0 unspecified atom stereocenters. The average molecular weight is 509 g/mol. The van der Waals surface area contributed by atoms with Gasteiger partial charge in [-0.1, -0.05) is 12.1 Å². The predicted molar refractivity (Wildman–Crippen MR) is 134 cm³/mol. The standard InChI is InChI=1S/C29H27F3N2O3/c1-35-20-7-8-24-22(12-20)23-13-26-21-14-27(36-2)28(11-18(21)9-10-34(26)15-25(23)33-24)37-16-17-3-5-19(6-4-17)29(30,31)32/h3-8,11-12,14,26,33H,9-10,13,15-16H2,1-2H3/t26-/m0/s1. The monoisotopic (exact) mass is 508 g/mol. The van der Waals surface area contributed by atoms with Crippen molar-refractivity contribution in [1.29, 1.82) is 0 Å². The van der Waals surface area contributed by atoms with Gasteiger partial charge in [0.05, 0.1) is 19.8 Å². The Hall–Kier alpha value is -3.65. The van der Waals surface area contributed by atoms with Crippen LogP contribution in [0.15, 0.2) is 54.6 Å². The van der Waals surface area contributed by atoms with Gasteiger partial charge >= 0.3 is 6.18 Å². The van der Waals surface area contributed by atoms with Crippen LogP contribution in [0.4, 0.5) is 13.2 Å². The molecule has 5 nitrogen and oxygen atoms in total. The van der Waals surface area contributed by atoms with E-state index < -0.39 is 11.7 Å². The van der Waals surface area contributed by atoms with E-state index in [2.05, 4.69) is 28.1 Å². The molecular formula is C29H27F3N2O3. The van der Waals surface area contributed by atoms with E-state index in [0.717, 1.165) is 49.3 Å². The molecule has 0 spiro atoms. The number of aromatic amines is 1. The number of fused-ring (bicyclic) bond motifs is 6. The molecule has 0 bridgehead atoms. The number of methoxy groups -OCH3 is 2. The number of H-pyrrole nitrogens is 1. The van der Waals surface area contributed by atoms with Crippen molar-refractivity contribution in [1.82, 2.24) is 9.88 Å². The highest BCUT2D eigenvalue weighted by atomic mass is 19.4. The van der Waals surface area contributed by atoms with Crippen molar-refractivity contribution < 1.29 is 27.4 Å². The van der Waals surface area contributed by atoms with Crippen molar-refractivity contribution in [3.63, 3.8) is 0 Å². The summed E-state index contributed by atoms with van der Waals surface area (Å²) in [4.78, 5) is 6.10. The second-order valence-electron chi connectivity index (χ2n) is 9.62. The molecule has 1 atom stereocenters. The van der Waals surface area contributed by atoms with E-state index in [4.69, 9.17) is 14.2 Å². The van der Waals surface area contributed by atoms with Crippen LogP contribution in [-0.2, 0) is 32.2 Å². The molecule has 2 aliphatic rings. The van der Waals surface area contributed by atoms with Crippen molar-refractivity contribution in [3.8, 4) is 17.2 Å². The van der Waals surface area contributed by atoms with Crippen LogP contribution in [0, 0.1) is 0 Å². The normalized spacial score (nSPS) is 17.2. The number of nitrogens with one attached hydrogen (secondary N) is 1. The molecule has 0 fully saturated rings. The molecule has 1 aromatic heterocycles. The third kappa shape index (κ3) is 4.29.